The number of anilines is 1. The number of ether oxygens (including phenoxy) is 2. The van der Waals surface area contributed by atoms with Crippen LogP contribution in [0.1, 0.15) is 12.2 Å². The predicted octanol–water partition coefficient (Wildman–Crippen LogP) is 2.04. The van der Waals surface area contributed by atoms with E-state index in [4.69, 9.17) is 9.47 Å². The molecule has 1 aliphatic heterocycles. The zero-order chi connectivity index (χ0) is 12.4. The Labute approximate surface area is 109 Å². The van der Waals surface area contributed by atoms with E-state index in [1.54, 1.807) is 11.3 Å². The standard InChI is InChI=1S/C12H15N3O2S/c1-13-11-9-3-5-18-12(9)15-10(14-11)7-17-8-2-4-16-6-8/h3,5,8H,2,4,6-7H2,1H3,(H,13,14,15). The van der Waals surface area contributed by atoms with Gasteiger partial charge in [-0.3, -0.25) is 0 Å². The Morgan fingerprint density at radius 1 is 1.56 bits per heavy atom. The Bertz CT molecular complexity index is 537. The Balaban J connectivity index is 1.78. The summed E-state index contributed by atoms with van der Waals surface area (Å²) in [6, 6.07) is 2.03. The van der Waals surface area contributed by atoms with E-state index in [-0.39, 0.29) is 6.10 Å². The lowest BCUT2D eigenvalue weighted by atomic mass is 10.3. The molecule has 0 bridgehead atoms. The number of rotatable bonds is 4. The van der Waals surface area contributed by atoms with Crippen molar-refractivity contribution in [1.82, 2.24) is 9.97 Å². The minimum atomic E-state index is 0.186. The van der Waals surface area contributed by atoms with Crippen molar-refractivity contribution in [1.29, 1.82) is 0 Å². The second-order valence-corrected chi connectivity index (χ2v) is 5.07. The third kappa shape index (κ3) is 2.31. The maximum atomic E-state index is 5.74. The number of thiophene rings is 1. The molecule has 0 aliphatic carbocycles. The van der Waals surface area contributed by atoms with Crippen molar-refractivity contribution in [2.75, 3.05) is 25.6 Å². The molecule has 0 spiro atoms. The van der Waals surface area contributed by atoms with E-state index in [1.807, 2.05) is 18.5 Å². The van der Waals surface area contributed by atoms with Gasteiger partial charge in [-0.15, -0.1) is 11.3 Å². The summed E-state index contributed by atoms with van der Waals surface area (Å²) in [5.74, 6) is 1.59. The van der Waals surface area contributed by atoms with Crippen LogP contribution in [-0.4, -0.2) is 36.3 Å². The maximum absolute atomic E-state index is 5.74. The molecule has 5 nitrogen and oxygen atoms in total. The van der Waals surface area contributed by atoms with Gasteiger partial charge in [-0.25, -0.2) is 9.97 Å². The Hall–Kier alpha value is -1.24. The molecule has 6 heteroatoms. The van der Waals surface area contributed by atoms with Crippen LogP contribution in [0.5, 0.6) is 0 Å². The Morgan fingerprint density at radius 3 is 3.28 bits per heavy atom. The van der Waals surface area contributed by atoms with Crippen molar-refractivity contribution < 1.29 is 9.47 Å². The third-order valence-corrected chi connectivity index (χ3v) is 3.75. The van der Waals surface area contributed by atoms with Gasteiger partial charge in [-0.05, 0) is 17.9 Å². The minimum absolute atomic E-state index is 0.186. The summed E-state index contributed by atoms with van der Waals surface area (Å²) in [4.78, 5) is 9.97. The summed E-state index contributed by atoms with van der Waals surface area (Å²) in [6.07, 6.45) is 1.14. The molecule has 0 amide bonds. The van der Waals surface area contributed by atoms with Crippen LogP contribution in [0, 0.1) is 0 Å². The van der Waals surface area contributed by atoms with Gasteiger partial charge in [0, 0.05) is 13.7 Å². The number of hydrogen-bond donors (Lipinski definition) is 1. The van der Waals surface area contributed by atoms with E-state index in [1.165, 1.54) is 0 Å². The van der Waals surface area contributed by atoms with Crippen molar-refractivity contribution in [3.05, 3.63) is 17.3 Å². The van der Waals surface area contributed by atoms with E-state index < -0.39 is 0 Å². The van der Waals surface area contributed by atoms with Gasteiger partial charge < -0.3 is 14.8 Å². The van der Waals surface area contributed by atoms with Crippen molar-refractivity contribution in [2.45, 2.75) is 19.1 Å². The highest BCUT2D eigenvalue weighted by atomic mass is 32.1. The fraction of sp³-hybridized carbons (Fsp3) is 0.500. The van der Waals surface area contributed by atoms with E-state index >= 15 is 0 Å². The first-order valence-electron chi connectivity index (χ1n) is 5.98. The minimum Gasteiger partial charge on any atom is -0.379 e. The van der Waals surface area contributed by atoms with Gasteiger partial charge in [0.05, 0.1) is 18.1 Å². The number of nitrogens with zero attached hydrogens (tertiary/aromatic N) is 2. The average molecular weight is 265 g/mol. The van der Waals surface area contributed by atoms with Gasteiger partial charge in [-0.1, -0.05) is 0 Å². The molecule has 3 heterocycles. The SMILES string of the molecule is CNc1nc(COC2CCOC2)nc2sccc12. The van der Waals surface area contributed by atoms with Crippen molar-refractivity contribution in [3.8, 4) is 0 Å². The molecule has 0 saturated carbocycles. The molecular formula is C12H15N3O2S. The molecule has 1 N–H and O–H groups in total. The molecule has 2 aromatic rings. The lowest BCUT2D eigenvalue weighted by molar-refractivity contribution is 0.0286. The summed E-state index contributed by atoms with van der Waals surface area (Å²) in [5.41, 5.74) is 0. The highest BCUT2D eigenvalue weighted by Crippen LogP contribution is 2.25. The molecule has 96 valence electrons. The van der Waals surface area contributed by atoms with Crippen LogP contribution in [0.2, 0.25) is 0 Å². The smallest absolute Gasteiger partial charge is 0.158 e. The molecule has 0 aromatic carbocycles. The topological polar surface area (TPSA) is 56.3 Å². The summed E-state index contributed by atoms with van der Waals surface area (Å²) in [5, 5.41) is 6.19. The van der Waals surface area contributed by atoms with Gasteiger partial charge >= 0.3 is 0 Å². The van der Waals surface area contributed by atoms with Crippen LogP contribution in [0.4, 0.5) is 5.82 Å². The summed E-state index contributed by atoms with van der Waals surface area (Å²) in [6.45, 7) is 1.91. The summed E-state index contributed by atoms with van der Waals surface area (Å²) in [7, 11) is 1.87. The number of nitrogens with one attached hydrogen (secondary N) is 1. The number of hydrogen-bond acceptors (Lipinski definition) is 6. The van der Waals surface area contributed by atoms with Crippen LogP contribution in [-0.2, 0) is 16.1 Å². The zero-order valence-electron chi connectivity index (χ0n) is 10.2. The van der Waals surface area contributed by atoms with Crippen molar-refractivity contribution in [2.24, 2.45) is 0 Å². The molecule has 2 aromatic heterocycles. The highest BCUT2D eigenvalue weighted by molar-refractivity contribution is 7.16. The zero-order valence-corrected chi connectivity index (χ0v) is 11.0. The molecule has 3 rings (SSSR count). The maximum Gasteiger partial charge on any atom is 0.158 e. The van der Waals surface area contributed by atoms with Crippen LogP contribution >= 0.6 is 11.3 Å². The van der Waals surface area contributed by atoms with Crippen LogP contribution in [0.3, 0.4) is 0 Å². The number of aromatic nitrogens is 2. The summed E-state index contributed by atoms with van der Waals surface area (Å²) >= 11 is 1.62. The highest BCUT2D eigenvalue weighted by Gasteiger charge is 2.17. The second-order valence-electron chi connectivity index (χ2n) is 4.17. The van der Waals surface area contributed by atoms with Gasteiger partial charge in [-0.2, -0.15) is 0 Å². The first-order chi connectivity index (χ1) is 8.86. The molecule has 1 unspecified atom stereocenters. The van der Waals surface area contributed by atoms with E-state index in [2.05, 4.69) is 15.3 Å². The van der Waals surface area contributed by atoms with Gasteiger partial charge in [0.2, 0.25) is 0 Å². The molecule has 1 aliphatic rings. The molecule has 1 atom stereocenters. The monoisotopic (exact) mass is 265 g/mol. The van der Waals surface area contributed by atoms with Gasteiger partial charge in [0.1, 0.15) is 17.3 Å². The van der Waals surface area contributed by atoms with Crippen molar-refractivity contribution in [3.63, 3.8) is 0 Å². The third-order valence-electron chi connectivity index (χ3n) is 2.94. The first kappa shape index (κ1) is 11.8. The first-order valence-corrected chi connectivity index (χ1v) is 6.86. The average Bonchev–Trinajstić information content (AvgIpc) is 3.06. The quantitative estimate of drug-likeness (QED) is 0.916. The van der Waals surface area contributed by atoms with Crippen LogP contribution in [0.25, 0.3) is 10.2 Å². The normalized spacial score (nSPS) is 19.5. The van der Waals surface area contributed by atoms with Crippen LogP contribution < -0.4 is 5.32 Å². The molecular weight excluding hydrogens is 250 g/mol. The lowest BCUT2D eigenvalue weighted by Gasteiger charge is -2.10. The lowest BCUT2D eigenvalue weighted by Crippen LogP contribution is -2.13. The summed E-state index contributed by atoms with van der Waals surface area (Å²) < 4.78 is 11.0. The second kappa shape index (κ2) is 5.17. The van der Waals surface area contributed by atoms with E-state index in [0.717, 1.165) is 34.9 Å². The predicted molar refractivity (Wildman–Crippen MR) is 71.0 cm³/mol. The number of fused-ring (bicyclic) bond motifs is 1. The van der Waals surface area contributed by atoms with Gasteiger partial charge in [0.15, 0.2) is 5.82 Å². The molecule has 1 fully saturated rings. The van der Waals surface area contributed by atoms with E-state index in [0.29, 0.717) is 13.2 Å². The van der Waals surface area contributed by atoms with Crippen LogP contribution in [0.15, 0.2) is 11.4 Å². The Morgan fingerprint density at radius 2 is 2.50 bits per heavy atom. The molecule has 1 saturated heterocycles. The van der Waals surface area contributed by atoms with Crippen molar-refractivity contribution >= 4 is 27.4 Å². The molecule has 18 heavy (non-hydrogen) atoms. The Kier molecular flexibility index (Phi) is 3.40. The van der Waals surface area contributed by atoms with Gasteiger partial charge in [0.25, 0.3) is 0 Å². The molecule has 0 radical (unpaired) electrons. The fourth-order valence-electron chi connectivity index (χ4n) is 1.99. The van der Waals surface area contributed by atoms with E-state index in [9.17, 15) is 0 Å². The fourth-order valence-corrected chi connectivity index (χ4v) is 2.77. The largest absolute Gasteiger partial charge is 0.379 e.